The molecular formula is C14H27N3O4. The second-order valence-corrected chi connectivity index (χ2v) is 6.03. The Kier molecular flexibility index (Phi) is 7.63. The van der Waals surface area contributed by atoms with Crippen LogP contribution in [0.2, 0.25) is 0 Å². The van der Waals surface area contributed by atoms with E-state index in [0.717, 1.165) is 19.6 Å². The fraction of sp³-hybridized carbons (Fsp3) is 0.857. The lowest BCUT2D eigenvalue weighted by molar-refractivity contribution is -0.140. The van der Waals surface area contributed by atoms with Gasteiger partial charge in [-0.05, 0) is 5.92 Å². The number of aliphatic carboxylic acids is 2. The lowest BCUT2D eigenvalue weighted by Gasteiger charge is -2.26. The molecule has 0 radical (unpaired) electrons. The second kappa shape index (κ2) is 8.96. The molecule has 0 saturated carbocycles. The van der Waals surface area contributed by atoms with Crippen molar-refractivity contribution in [3.05, 3.63) is 0 Å². The third-order valence-corrected chi connectivity index (χ3v) is 3.54. The smallest absolute Gasteiger partial charge is 0.317 e. The van der Waals surface area contributed by atoms with Crippen LogP contribution in [0.1, 0.15) is 13.8 Å². The summed E-state index contributed by atoms with van der Waals surface area (Å²) >= 11 is 0. The van der Waals surface area contributed by atoms with E-state index in [0.29, 0.717) is 32.1 Å². The van der Waals surface area contributed by atoms with E-state index in [-0.39, 0.29) is 13.1 Å². The molecule has 0 spiro atoms. The van der Waals surface area contributed by atoms with Crippen LogP contribution in [0.3, 0.4) is 0 Å². The van der Waals surface area contributed by atoms with E-state index >= 15 is 0 Å². The van der Waals surface area contributed by atoms with E-state index in [9.17, 15) is 9.59 Å². The van der Waals surface area contributed by atoms with Gasteiger partial charge in [0.2, 0.25) is 0 Å². The van der Waals surface area contributed by atoms with E-state index in [1.54, 1.807) is 0 Å². The Morgan fingerprint density at radius 3 is 1.43 bits per heavy atom. The van der Waals surface area contributed by atoms with Gasteiger partial charge >= 0.3 is 11.9 Å². The molecule has 1 fully saturated rings. The van der Waals surface area contributed by atoms with E-state index < -0.39 is 11.9 Å². The van der Waals surface area contributed by atoms with E-state index in [1.165, 1.54) is 0 Å². The van der Waals surface area contributed by atoms with Gasteiger partial charge in [0.15, 0.2) is 0 Å². The molecule has 7 nitrogen and oxygen atoms in total. The SMILES string of the molecule is CC(C)CN1CCN(CC(=O)O)CCN(CC(=O)O)CC1. The van der Waals surface area contributed by atoms with Crippen LogP contribution in [0.25, 0.3) is 0 Å². The van der Waals surface area contributed by atoms with Crippen molar-refractivity contribution >= 4 is 11.9 Å². The lowest BCUT2D eigenvalue weighted by atomic mass is 10.2. The highest BCUT2D eigenvalue weighted by Crippen LogP contribution is 2.04. The number of carbonyl (C=O) groups is 2. The van der Waals surface area contributed by atoms with Gasteiger partial charge in [-0.15, -0.1) is 0 Å². The van der Waals surface area contributed by atoms with Crippen molar-refractivity contribution in [3.63, 3.8) is 0 Å². The molecule has 1 aliphatic heterocycles. The van der Waals surface area contributed by atoms with Crippen molar-refractivity contribution < 1.29 is 19.8 Å². The molecule has 7 heteroatoms. The molecular weight excluding hydrogens is 274 g/mol. The van der Waals surface area contributed by atoms with Gasteiger partial charge in [-0.1, -0.05) is 13.8 Å². The summed E-state index contributed by atoms with van der Waals surface area (Å²) in [7, 11) is 0. The molecule has 122 valence electrons. The second-order valence-electron chi connectivity index (χ2n) is 6.03. The van der Waals surface area contributed by atoms with Gasteiger partial charge in [0.1, 0.15) is 0 Å². The Morgan fingerprint density at radius 2 is 1.14 bits per heavy atom. The van der Waals surface area contributed by atoms with Crippen molar-refractivity contribution in [1.29, 1.82) is 0 Å². The molecule has 1 aliphatic rings. The molecule has 0 aromatic carbocycles. The molecule has 1 rings (SSSR count). The van der Waals surface area contributed by atoms with Gasteiger partial charge in [0, 0.05) is 45.8 Å². The topological polar surface area (TPSA) is 84.3 Å². The minimum Gasteiger partial charge on any atom is -0.480 e. The van der Waals surface area contributed by atoms with E-state index in [1.807, 2.05) is 9.80 Å². The maximum Gasteiger partial charge on any atom is 0.317 e. The Morgan fingerprint density at radius 1 is 0.810 bits per heavy atom. The Bertz CT molecular complexity index is 321. The minimum atomic E-state index is -0.838. The molecule has 1 saturated heterocycles. The highest BCUT2D eigenvalue weighted by molar-refractivity contribution is 5.69. The van der Waals surface area contributed by atoms with Crippen molar-refractivity contribution in [3.8, 4) is 0 Å². The van der Waals surface area contributed by atoms with E-state index in [2.05, 4.69) is 18.7 Å². The average Bonchev–Trinajstić information content (AvgIpc) is 2.42. The summed E-state index contributed by atoms with van der Waals surface area (Å²) in [5.41, 5.74) is 0. The summed E-state index contributed by atoms with van der Waals surface area (Å²) in [5, 5.41) is 17.9. The molecule has 0 bridgehead atoms. The number of carboxylic acid groups (broad SMARTS) is 2. The molecule has 0 unspecified atom stereocenters. The van der Waals surface area contributed by atoms with Gasteiger partial charge in [0.05, 0.1) is 13.1 Å². The third-order valence-electron chi connectivity index (χ3n) is 3.54. The number of nitrogens with zero attached hydrogens (tertiary/aromatic N) is 3. The molecule has 0 aliphatic carbocycles. The monoisotopic (exact) mass is 301 g/mol. The van der Waals surface area contributed by atoms with Gasteiger partial charge in [0.25, 0.3) is 0 Å². The van der Waals surface area contributed by atoms with Crippen LogP contribution < -0.4 is 0 Å². The normalized spacial score (nSPS) is 20.0. The largest absolute Gasteiger partial charge is 0.480 e. The fourth-order valence-electron chi connectivity index (χ4n) is 2.58. The summed E-state index contributed by atoms with van der Waals surface area (Å²) in [6.07, 6.45) is 0. The Balaban J connectivity index is 2.66. The zero-order valence-corrected chi connectivity index (χ0v) is 13.0. The van der Waals surface area contributed by atoms with Gasteiger partial charge < -0.3 is 15.1 Å². The molecule has 0 atom stereocenters. The summed E-state index contributed by atoms with van der Waals surface area (Å²) < 4.78 is 0. The number of carboxylic acids is 2. The van der Waals surface area contributed by atoms with Crippen molar-refractivity contribution in [2.24, 2.45) is 5.92 Å². The first-order valence-corrected chi connectivity index (χ1v) is 7.47. The molecule has 2 N–H and O–H groups in total. The average molecular weight is 301 g/mol. The highest BCUT2D eigenvalue weighted by atomic mass is 16.4. The molecule has 1 heterocycles. The predicted octanol–water partition coefficient (Wildman–Crippen LogP) is -0.269. The molecule has 0 aromatic rings. The van der Waals surface area contributed by atoms with Crippen LogP contribution >= 0.6 is 0 Å². The first kappa shape index (κ1) is 17.9. The van der Waals surface area contributed by atoms with Crippen molar-refractivity contribution in [2.45, 2.75) is 13.8 Å². The van der Waals surface area contributed by atoms with Crippen molar-refractivity contribution in [1.82, 2.24) is 14.7 Å². The first-order chi connectivity index (χ1) is 9.86. The molecule has 21 heavy (non-hydrogen) atoms. The van der Waals surface area contributed by atoms with Crippen LogP contribution in [0, 0.1) is 5.92 Å². The maximum absolute atomic E-state index is 10.9. The summed E-state index contributed by atoms with van der Waals surface area (Å²) in [5.74, 6) is -1.14. The van der Waals surface area contributed by atoms with Crippen LogP contribution in [0.15, 0.2) is 0 Å². The zero-order valence-electron chi connectivity index (χ0n) is 13.0. The summed E-state index contributed by atoms with van der Waals surface area (Å²) in [6, 6.07) is 0. The third kappa shape index (κ3) is 7.99. The Labute approximate surface area is 126 Å². The van der Waals surface area contributed by atoms with Crippen molar-refractivity contribution in [2.75, 3.05) is 58.9 Å². The van der Waals surface area contributed by atoms with Crippen LogP contribution in [0.4, 0.5) is 0 Å². The lowest BCUT2D eigenvalue weighted by Crippen LogP contribution is -2.40. The van der Waals surface area contributed by atoms with Gasteiger partial charge in [-0.3, -0.25) is 19.4 Å². The van der Waals surface area contributed by atoms with Crippen LogP contribution in [0.5, 0.6) is 0 Å². The highest BCUT2D eigenvalue weighted by Gasteiger charge is 2.19. The standard InChI is InChI=1S/C14H27N3O4/c1-12(2)9-15-3-5-16(10-13(18)19)7-8-17(6-4-15)11-14(20)21/h12H,3-11H2,1-2H3,(H,18,19)(H,20,21). The van der Waals surface area contributed by atoms with Crippen LogP contribution in [-0.4, -0.2) is 95.8 Å². The number of rotatable bonds is 6. The zero-order chi connectivity index (χ0) is 15.8. The quantitative estimate of drug-likeness (QED) is 0.698. The van der Waals surface area contributed by atoms with E-state index in [4.69, 9.17) is 10.2 Å². The predicted molar refractivity (Wildman–Crippen MR) is 79.4 cm³/mol. The maximum atomic E-state index is 10.9. The first-order valence-electron chi connectivity index (χ1n) is 7.47. The number of hydrogen-bond donors (Lipinski definition) is 2. The minimum absolute atomic E-state index is 0.0103. The summed E-state index contributed by atoms with van der Waals surface area (Å²) in [6.45, 7) is 9.52. The summed E-state index contributed by atoms with van der Waals surface area (Å²) in [4.78, 5) is 27.9. The van der Waals surface area contributed by atoms with Gasteiger partial charge in [-0.25, -0.2) is 0 Å². The molecule has 0 aromatic heterocycles. The fourth-order valence-corrected chi connectivity index (χ4v) is 2.58. The van der Waals surface area contributed by atoms with Crippen LogP contribution in [-0.2, 0) is 9.59 Å². The number of hydrogen-bond acceptors (Lipinski definition) is 5. The van der Waals surface area contributed by atoms with Gasteiger partial charge in [-0.2, -0.15) is 0 Å². The molecule has 0 amide bonds. The Hall–Kier alpha value is -1.18.